The van der Waals surface area contributed by atoms with Crippen LogP contribution in [0.2, 0.25) is 0 Å². The van der Waals surface area contributed by atoms with Gasteiger partial charge in [0.25, 0.3) is 0 Å². The number of nitrogens with zero attached hydrogens (tertiary/aromatic N) is 3. The van der Waals surface area contributed by atoms with Gasteiger partial charge in [-0.2, -0.15) is 0 Å². The molecule has 25 heavy (non-hydrogen) atoms. The first kappa shape index (κ1) is 15.7. The van der Waals surface area contributed by atoms with Gasteiger partial charge >= 0.3 is 0 Å². The maximum Gasteiger partial charge on any atom is 0.193 e. The average Bonchev–Trinajstić information content (AvgIpc) is 2.99. The molecule has 1 aromatic heterocycles. The Hall–Kier alpha value is -2.79. The molecule has 0 saturated heterocycles. The van der Waals surface area contributed by atoms with E-state index in [4.69, 9.17) is 0 Å². The highest BCUT2D eigenvalue weighted by Crippen LogP contribution is 2.37. The van der Waals surface area contributed by atoms with Gasteiger partial charge in [-0.05, 0) is 36.4 Å². The summed E-state index contributed by atoms with van der Waals surface area (Å²) in [7, 11) is 0. The van der Waals surface area contributed by atoms with Crippen molar-refractivity contribution in [2.45, 2.75) is 19.0 Å². The van der Waals surface area contributed by atoms with Crippen LogP contribution in [0.4, 0.5) is 0 Å². The summed E-state index contributed by atoms with van der Waals surface area (Å²) in [4.78, 5) is 0. The van der Waals surface area contributed by atoms with Crippen molar-refractivity contribution in [1.82, 2.24) is 14.8 Å². The molecule has 0 unspecified atom stereocenters. The number of thiol groups is 1. The highest BCUT2D eigenvalue weighted by atomic mass is 32.1. The maximum atomic E-state index is 10.6. The van der Waals surface area contributed by atoms with Crippen molar-refractivity contribution >= 4 is 23.4 Å². The molecule has 0 aliphatic heterocycles. The van der Waals surface area contributed by atoms with E-state index < -0.39 is 0 Å². The van der Waals surface area contributed by atoms with E-state index in [0.717, 1.165) is 27.6 Å². The number of aryl methyl sites for hydroxylation is 2. The van der Waals surface area contributed by atoms with Gasteiger partial charge in [0, 0.05) is 5.39 Å². The third-order valence-corrected chi connectivity index (χ3v) is 4.75. The van der Waals surface area contributed by atoms with Gasteiger partial charge in [0.1, 0.15) is 5.75 Å². The topological polar surface area (TPSA) is 50.9 Å². The lowest BCUT2D eigenvalue weighted by Gasteiger charge is -2.14. The lowest BCUT2D eigenvalue weighted by molar-refractivity contribution is 0.472. The van der Waals surface area contributed by atoms with Gasteiger partial charge in [-0.3, -0.25) is 4.57 Å². The summed E-state index contributed by atoms with van der Waals surface area (Å²) in [5.74, 6) is 0.808. The Bertz CT molecular complexity index is 1100. The zero-order chi connectivity index (χ0) is 17.6. The number of fused-ring (bicyclic) bond motifs is 1. The molecule has 124 valence electrons. The Kier molecular flexibility index (Phi) is 3.73. The van der Waals surface area contributed by atoms with Crippen LogP contribution in [0.15, 0.2) is 59.8 Å². The highest BCUT2D eigenvalue weighted by Gasteiger charge is 2.20. The highest BCUT2D eigenvalue weighted by molar-refractivity contribution is 7.80. The van der Waals surface area contributed by atoms with Crippen LogP contribution in [-0.4, -0.2) is 19.9 Å². The number of benzene rings is 3. The van der Waals surface area contributed by atoms with Crippen molar-refractivity contribution < 1.29 is 5.11 Å². The quantitative estimate of drug-likeness (QED) is 0.517. The van der Waals surface area contributed by atoms with E-state index in [9.17, 15) is 5.11 Å². The lowest BCUT2D eigenvalue weighted by atomic mass is 10.0. The zero-order valence-corrected chi connectivity index (χ0v) is 14.8. The molecule has 4 aromatic rings. The first-order valence-corrected chi connectivity index (χ1v) is 8.44. The Balaban J connectivity index is 2.06. The Labute approximate surface area is 151 Å². The fraction of sp³-hybridized carbons (Fsp3) is 0.100. The van der Waals surface area contributed by atoms with Crippen molar-refractivity contribution in [3.63, 3.8) is 0 Å². The number of rotatable bonds is 2. The van der Waals surface area contributed by atoms with Crippen molar-refractivity contribution in [3.8, 4) is 22.8 Å². The van der Waals surface area contributed by atoms with Gasteiger partial charge in [0.15, 0.2) is 11.0 Å². The molecule has 0 amide bonds. The van der Waals surface area contributed by atoms with E-state index in [0.29, 0.717) is 16.5 Å². The van der Waals surface area contributed by atoms with Gasteiger partial charge in [-0.1, -0.05) is 48.5 Å². The molecular weight excluding hydrogens is 330 g/mol. The Morgan fingerprint density at radius 2 is 1.60 bits per heavy atom. The van der Waals surface area contributed by atoms with Gasteiger partial charge < -0.3 is 5.11 Å². The number of phenolic OH excluding ortho intramolecular Hbond substituents is 1. The molecular formula is C20H17N3OS. The van der Waals surface area contributed by atoms with Crippen LogP contribution >= 0.6 is 12.6 Å². The number of phenols is 1. The summed E-state index contributed by atoms with van der Waals surface area (Å²) in [6, 6.07) is 18.1. The van der Waals surface area contributed by atoms with Crippen molar-refractivity contribution in [1.29, 1.82) is 0 Å². The molecule has 0 aliphatic rings. The molecule has 0 aliphatic carbocycles. The molecule has 3 aromatic carbocycles. The van der Waals surface area contributed by atoms with Crippen LogP contribution in [0.25, 0.3) is 27.8 Å². The normalized spacial score (nSPS) is 11.2. The summed E-state index contributed by atoms with van der Waals surface area (Å²) in [5, 5.41) is 21.8. The smallest absolute Gasteiger partial charge is 0.193 e. The number of aromatic nitrogens is 3. The number of hydrogen-bond acceptors (Lipinski definition) is 4. The molecule has 1 heterocycles. The largest absolute Gasteiger partial charge is 0.507 e. The van der Waals surface area contributed by atoms with E-state index in [1.54, 1.807) is 0 Å². The fourth-order valence-corrected chi connectivity index (χ4v) is 3.39. The first-order chi connectivity index (χ1) is 12.1. The summed E-state index contributed by atoms with van der Waals surface area (Å²) in [5.41, 5.74) is 3.35. The van der Waals surface area contributed by atoms with Gasteiger partial charge in [0.05, 0.1) is 11.3 Å². The van der Waals surface area contributed by atoms with Crippen molar-refractivity contribution in [2.24, 2.45) is 0 Å². The summed E-state index contributed by atoms with van der Waals surface area (Å²) in [6.45, 7) is 3.83. The van der Waals surface area contributed by atoms with Crippen LogP contribution in [0.5, 0.6) is 5.75 Å². The molecule has 0 bridgehead atoms. The van der Waals surface area contributed by atoms with E-state index in [1.807, 2.05) is 54.8 Å². The Morgan fingerprint density at radius 3 is 2.44 bits per heavy atom. The minimum Gasteiger partial charge on any atom is -0.507 e. The van der Waals surface area contributed by atoms with Crippen LogP contribution < -0.4 is 0 Å². The van der Waals surface area contributed by atoms with E-state index >= 15 is 0 Å². The van der Waals surface area contributed by atoms with E-state index in [-0.39, 0.29) is 5.75 Å². The number of aromatic hydroxyl groups is 1. The molecule has 4 nitrogen and oxygen atoms in total. The van der Waals surface area contributed by atoms with Gasteiger partial charge in [-0.15, -0.1) is 22.8 Å². The second kappa shape index (κ2) is 5.93. The van der Waals surface area contributed by atoms with Crippen LogP contribution in [0, 0.1) is 13.8 Å². The van der Waals surface area contributed by atoms with Crippen LogP contribution in [0.3, 0.4) is 0 Å². The molecule has 1 N–H and O–H groups in total. The minimum atomic E-state index is 0.224. The summed E-state index contributed by atoms with van der Waals surface area (Å²) >= 11 is 4.51. The third kappa shape index (κ3) is 2.48. The maximum absolute atomic E-state index is 10.6. The second-order valence-electron chi connectivity index (χ2n) is 6.08. The van der Waals surface area contributed by atoms with Crippen molar-refractivity contribution in [3.05, 3.63) is 65.7 Å². The molecule has 0 atom stereocenters. The zero-order valence-electron chi connectivity index (χ0n) is 13.9. The van der Waals surface area contributed by atoms with Crippen molar-refractivity contribution in [2.75, 3.05) is 0 Å². The van der Waals surface area contributed by atoms with Gasteiger partial charge in [0.2, 0.25) is 0 Å². The average molecular weight is 347 g/mol. The van der Waals surface area contributed by atoms with Crippen LogP contribution in [0.1, 0.15) is 11.1 Å². The molecule has 5 heteroatoms. The van der Waals surface area contributed by atoms with E-state index in [1.165, 1.54) is 0 Å². The Morgan fingerprint density at radius 1 is 0.880 bits per heavy atom. The van der Waals surface area contributed by atoms with Crippen LogP contribution in [-0.2, 0) is 0 Å². The minimum absolute atomic E-state index is 0.224. The molecule has 0 radical (unpaired) electrons. The van der Waals surface area contributed by atoms with E-state index in [2.05, 4.69) is 41.0 Å². The monoisotopic (exact) mass is 347 g/mol. The summed E-state index contributed by atoms with van der Waals surface area (Å²) in [6.07, 6.45) is 0. The standard InChI is InChI=1S/C20H17N3OS/c1-12-10-11-13(2)18(24)17(12)19-21-22-20(25)23(19)16-9-5-7-14-6-3-4-8-15(14)16/h3-11,24H,1-2H3,(H,22,25). The summed E-state index contributed by atoms with van der Waals surface area (Å²) < 4.78 is 1.88. The predicted molar refractivity (Wildman–Crippen MR) is 103 cm³/mol. The third-order valence-electron chi connectivity index (χ3n) is 4.47. The molecule has 0 saturated carbocycles. The van der Waals surface area contributed by atoms with Gasteiger partial charge in [-0.25, -0.2) is 0 Å². The molecule has 4 rings (SSSR count). The number of hydrogen-bond donors (Lipinski definition) is 2. The fourth-order valence-electron chi connectivity index (χ4n) is 3.14. The molecule has 0 fully saturated rings. The lowest BCUT2D eigenvalue weighted by Crippen LogP contribution is -2.01. The molecule has 0 spiro atoms. The first-order valence-electron chi connectivity index (χ1n) is 8.00. The predicted octanol–water partition coefficient (Wildman–Crippen LogP) is 4.70. The SMILES string of the molecule is Cc1ccc(C)c(-c2nnc(S)n2-c2cccc3ccccc23)c1O. The second-order valence-corrected chi connectivity index (χ2v) is 6.48.